The highest BCUT2D eigenvalue weighted by Gasteiger charge is 2.48. The number of nitrogens with zero attached hydrogens (tertiary/aromatic N) is 1. The summed E-state index contributed by atoms with van der Waals surface area (Å²) in [7, 11) is 0. The lowest BCUT2D eigenvalue weighted by Crippen LogP contribution is -2.28. The molecule has 0 amide bonds. The molecule has 0 aliphatic heterocycles. The summed E-state index contributed by atoms with van der Waals surface area (Å²) in [6, 6.07) is 101. The van der Waals surface area contributed by atoms with E-state index in [2.05, 4.69) is 266 Å². The Labute approximate surface area is 408 Å². The van der Waals surface area contributed by atoms with Crippen LogP contribution in [0.4, 0.5) is 17.1 Å². The number of benzene rings is 11. The number of anilines is 3. The van der Waals surface area contributed by atoms with Gasteiger partial charge in [-0.25, -0.2) is 0 Å². The monoisotopic (exact) mass is 891 g/mol. The van der Waals surface area contributed by atoms with Crippen molar-refractivity contribution in [3.63, 3.8) is 0 Å². The van der Waals surface area contributed by atoms with Gasteiger partial charge in [-0.2, -0.15) is 0 Å². The number of hydrogen-bond acceptors (Lipinski definition) is 2. The summed E-state index contributed by atoms with van der Waals surface area (Å²) in [5.41, 5.74) is 21.5. The van der Waals surface area contributed by atoms with Crippen LogP contribution in [0.3, 0.4) is 0 Å². The van der Waals surface area contributed by atoms with Gasteiger partial charge in [-0.1, -0.05) is 224 Å². The first-order chi connectivity index (χ1) is 34.7. The van der Waals surface area contributed by atoms with Gasteiger partial charge in [0.2, 0.25) is 0 Å². The maximum absolute atomic E-state index is 6.22. The predicted octanol–water partition coefficient (Wildman–Crippen LogP) is 17.4. The minimum atomic E-state index is -0.537. The predicted molar refractivity (Wildman–Crippen MR) is 288 cm³/mol. The number of fused-ring (bicyclic) bond motifs is 9. The second kappa shape index (κ2) is 15.8. The van der Waals surface area contributed by atoms with Crippen molar-refractivity contribution in [3.8, 4) is 33.4 Å². The SMILES string of the molecule is c1ccc(C2(c3ccc(N(c4ccc(-c5ccc6oc7ccccc7c6c5)cc4)c4cccc5c4-c4ccccc4C5(c4ccccc4)c4ccccc4)cc3)c3ccccc3-c3ccccc32)cc1. The summed E-state index contributed by atoms with van der Waals surface area (Å²) in [5, 5.41) is 2.25. The lowest BCUT2D eigenvalue weighted by atomic mass is 9.67. The standard InChI is InChI=1S/C68H45NO/c1-4-19-48(20-5-1)67(59-29-14-10-25-54(59)55-26-11-15-30-60(55)67)51-38-42-53(43-39-51)69(52-40-35-46(36-41-52)47-37-44-65-58(45-47)56-27-13-17-34-64(56)70-65)63-33-18-32-62-66(63)57-28-12-16-31-61(57)68(62,49-21-6-2-7-22-49)50-23-8-3-9-24-50/h1-45H. The highest BCUT2D eigenvalue weighted by Crippen LogP contribution is 2.60. The van der Waals surface area contributed by atoms with E-state index >= 15 is 0 Å². The van der Waals surface area contributed by atoms with Crippen LogP contribution in [0.2, 0.25) is 0 Å². The Morgan fingerprint density at radius 1 is 0.286 bits per heavy atom. The molecule has 0 radical (unpaired) electrons. The summed E-state index contributed by atoms with van der Waals surface area (Å²) >= 11 is 0. The first kappa shape index (κ1) is 40.1. The second-order valence-corrected chi connectivity index (χ2v) is 18.7. The van der Waals surface area contributed by atoms with Crippen molar-refractivity contribution in [1.29, 1.82) is 0 Å². The van der Waals surface area contributed by atoms with Crippen molar-refractivity contribution < 1.29 is 4.42 Å². The molecular formula is C68H45NO. The van der Waals surface area contributed by atoms with Gasteiger partial charge >= 0.3 is 0 Å². The highest BCUT2D eigenvalue weighted by molar-refractivity contribution is 6.06. The van der Waals surface area contributed by atoms with E-state index in [1.807, 2.05) is 12.1 Å². The quantitative estimate of drug-likeness (QED) is 0.151. The van der Waals surface area contributed by atoms with Crippen LogP contribution < -0.4 is 4.90 Å². The molecule has 0 spiro atoms. The van der Waals surface area contributed by atoms with Gasteiger partial charge < -0.3 is 9.32 Å². The molecule has 0 saturated heterocycles. The van der Waals surface area contributed by atoms with Gasteiger partial charge in [0, 0.05) is 27.7 Å². The fraction of sp³-hybridized carbons (Fsp3) is 0.0294. The summed E-state index contributed by atoms with van der Waals surface area (Å²) in [6.07, 6.45) is 0. The Morgan fingerprint density at radius 2 is 0.714 bits per heavy atom. The van der Waals surface area contributed by atoms with Crippen LogP contribution in [0.15, 0.2) is 277 Å². The van der Waals surface area contributed by atoms with Gasteiger partial charge in [-0.3, -0.25) is 0 Å². The van der Waals surface area contributed by atoms with Crippen LogP contribution in [0, 0.1) is 0 Å². The molecule has 14 rings (SSSR count). The molecule has 12 aromatic rings. The molecule has 1 heterocycles. The van der Waals surface area contributed by atoms with Gasteiger partial charge in [0.1, 0.15) is 11.2 Å². The van der Waals surface area contributed by atoms with Crippen LogP contribution in [0.25, 0.3) is 55.3 Å². The molecule has 0 unspecified atom stereocenters. The Hall–Kier alpha value is -8.98. The molecule has 2 heteroatoms. The zero-order chi connectivity index (χ0) is 46.2. The highest BCUT2D eigenvalue weighted by atomic mass is 16.3. The largest absolute Gasteiger partial charge is 0.456 e. The van der Waals surface area contributed by atoms with E-state index in [0.717, 1.165) is 50.1 Å². The topological polar surface area (TPSA) is 16.4 Å². The summed E-state index contributed by atoms with van der Waals surface area (Å²) in [4.78, 5) is 2.48. The molecule has 328 valence electrons. The van der Waals surface area contributed by atoms with E-state index in [9.17, 15) is 0 Å². The molecule has 0 atom stereocenters. The van der Waals surface area contributed by atoms with Crippen LogP contribution in [-0.2, 0) is 10.8 Å². The smallest absolute Gasteiger partial charge is 0.135 e. The third-order valence-corrected chi connectivity index (χ3v) is 15.3. The molecule has 0 saturated carbocycles. The van der Waals surface area contributed by atoms with Crippen molar-refractivity contribution in [3.05, 3.63) is 317 Å². The van der Waals surface area contributed by atoms with E-state index in [1.54, 1.807) is 0 Å². The minimum absolute atomic E-state index is 0.501. The van der Waals surface area contributed by atoms with E-state index in [4.69, 9.17) is 4.42 Å². The lowest BCUT2D eigenvalue weighted by molar-refractivity contribution is 0.669. The zero-order valence-electron chi connectivity index (χ0n) is 38.3. The van der Waals surface area contributed by atoms with E-state index < -0.39 is 10.8 Å². The fourth-order valence-electron chi connectivity index (χ4n) is 12.4. The van der Waals surface area contributed by atoms with Crippen molar-refractivity contribution in [1.82, 2.24) is 0 Å². The van der Waals surface area contributed by atoms with E-state index in [0.29, 0.717) is 0 Å². The summed E-state index contributed by atoms with van der Waals surface area (Å²) in [5.74, 6) is 0. The van der Waals surface area contributed by atoms with Gasteiger partial charge in [0.05, 0.1) is 16.5 Å². The average Bonchev–Trinajstić information content (AvgIpc) is 4.07. The molecular weight excluding hydrogens is 847 g/mol. The molecule has 2 aliphatic carbocycles. The van der Waals surface area contributed by atoms with Crippen LogP contribution in [0.1, 0.15) is 44.5 Å². The van der Waals surface area contributed by atoms with Crippen LogP contribution in [-0.4, -0.2) is 0 Å². The molecule has 0 N–H and O–H groups in total. The maximum Gasteiger partial charge on any atom is 0.135 e. The molecule has 0 bridgehead atoms. The van der Waals surface area contributed by atoms with E-state index in [1.165, 1.54) is 66.8 Å². The first-order valence-corrected chi connectivity index (χ1v) is 24.2. The summed E-state index contributed by atoms with van der Waals surface area (Å²) in [6.45, 7) is 0. The van der Waals surface area contributed by atoms with Crippen molar-refractivity contribution in [2.75, 3.05) is 4.90 Å². The number of para-hydroxylation sites is 1. The van der Waals surface area contributed by atoms with Crippen molar-refractivity contribution in [2.24, 2.45) is 0 Å². The van der Waals surface area contributed by atoms with Crippen molar-refractivity contribution in [2.45, 2.75) is 10.8 Å². The van der Waals surface area contributed by atoms with Gasteiger partial charge in [0.25, 0.3) is 0 Å². The normalized spacial score (nSPS) is 13.7. The first-order valence-electron chi connectivity index (χ1n) is 24.2. The van der Waals surface area contributed by atoms with Crippen LogP contribution >= 0.6 is 0 Å². The molecule has 70 heavy (non-hydrogen) atoms. The third-order valence-electron chi connectivity index (χ3n) is 15.3. The molecule has 2 nitrogen and oxygen atoms in total. The molecule has 11 aromatic carbocycles. The van der Waals surface area contributed by atoms with E-state index in [-0.39, 0.29) is 0 Å². The fourth-order valence-corrected chi connectivity index (χ4v) is 12.4. The van der Waals surface area contributed by atoms with Gasteiger partial charge in [-0.05, 0) is 121 Å². The Kier molecular flexibility index (Phi) is 9.06. The Morgan fingerprint density at radius 3 is 1.31 bits per heavy atom. The Bertz CT molecular complexity index is 3840. The van der Waals surface area contributed by atoms with Gasteiger partial charge in [0.15, 0.2) is 0 Å². The molecule has 0 fully saturated rings. The lowest BCUT2D eigenvalue weighted by Gasteiger charge is -2.35. The van der Waals surface area contributed by atoms with Gasteiger partial charge in [-0.15, -0.1) is 0 Å². The van der Waals surface area contributed by atoms with Crippen molar-refractivity contribution >= 4 is 39.0 Å². The van der Waals surface area contributed by atoms with Crippen LogP contribution in [0.5, 0.6) is 0 Å². The zero-order valence-corrected chi connectivity index (χ0v) is 38.3. The number of rotatable bonds is 8. The molecule has 1 aromatic heterocycles. The third kappa shape index (κ3) is 5.74. The summed E-state index contributed by atoms with van der Waals surface area (Å²) < 4.78 is 6.22. The molecule has 2 aliphatic rings. The second-order valence-electron chi connectivity index (χ2n) is 18.7. The Balaban J connectivity index is 0.988. The minimum Gasteiger partial charge on any atom is -0.456 e. The average molecular weight is 892 g/mol. The number of furan rings is 1. The maximum atomic E-state index is 6.22. The number of hydrogen-bond donors (Lipinski definition) is 0.